The molecule has 25 heavy (non-hydrogen) atoms. The molecule has 0 spiro atoms. The van der Waals surface area contributed by atoms with Crippen molar-refractivity contribution < 1.29 is 0 Å². The minimum atomic E-state index is -0.314. The molecule has 132 valence electrons. The molecule has 0 amide bonds. The van der Waals surface area contributed by atoms with Gasteiger partial charge in [-0.15, -0.1) is 0 Å². The van der Waals surface area contributed by atoms with Gasteiger partial charge in [0.15, 0.2) is 0 Å². The van der Waals surface area contributed by atoms with E-state index in [4.69, 9.17) is 12.2 Å². The molecule has 2 aromatic rings. The molecular formula is C22H28N2S. The van der Waals surface area contributed by atoms with Crippen molar-refractivity contribution in [3.63, 3.8) is 0 Å². The Morgan fingerprint density at radius 1 is 1.16 bits per heavy atom. The maximum atomic E-state index is 5.51. The van der Waals surface area contributed by atoms with Crippen molar-refractivity contribution in [1.29, 1.82) is 0 Å². The fraction of sp³-hybridized carbons (Fsp3) is 0.318. The molecule has 0 saturated heterocycles. The van der Waals surface area contributed by atoms with Crippen molar-refractivity contribution in [3.05, 3.63) is 71.4 Å². The highest BCUT2D eigenvalue weighted by Gasteiger charge is 2.27. The van der Waals surface area contributed by atoms with Crippen LogP contribution in [-0.4, -0.2) is 11.9 Å². The third-order valence-corrected chi connectivity index (χ3v) is 5.21. The third kappa shape index (κ3) is 4.36. The summed E-state index contributed by atoms with van der Waals surface area (Å²) in [5.74, 6) is 0. The van der Waals surface area contributed by atoms with Gasteiger partial charge in [0.25, 0.3) is 0 Å². The Bertz CT molecular complexity index is 794. The summed E-state index contributed by atoms with van der Waals surface area (Å²) < 4.78 is 0. The number of rotatable bonds is 7. The van der Waals surface area contributed by atoms with Gasteiger partial charge in [0, 0.05) is 17.1 Å². The Labute approximate surface area is 157 Å². The zero-order chi connectivity index (χ0) is 18.6. The van der Waals surface area contributed by atoms with E-state index in [9.17, 15) is 0 Å². The average molecular weight is 353 g/mol. The Morgan fingerprint density at radius 3 is 2.48 bits per heavy atom. The summed E-state index contributed by atoms with van der Waals surface area (Å²) in [6, 6.07) is 15.2. The number of benzene rings is 2. The maximum Gasteiger partial charge on any atom is 0.0720 e. The lowest BCUT2D eigenvalue weighted by Gasteiger charge is -2.30. The van der Waals surface area contributed by atoms with Crippen molar-refractivity contribution >= 4 is 17.1 Å². The van der Waals surface area contributed by atoms with Gasteiger partial charge in [-0.2, -0.15) is 0 Å². The second-order valence-corrected chi connectivity index (χ2v) is 7.42. The summed E-state index contributed by atoms with van der Waals surface area (Å²) in [7, 11) is 1.96. The van der Waals surface area contributed by atoms with Crippen LogP contribution < -0.4 is 10.6 Å². The van der Waals surface area contributed by atoms with Gasteiger partial charge in [0.1, 0.15) is 0 Å². The van der Waals surface area contributed by atoms with E-state index < -0.39 is 0 Å². The van der Waals surface area contributed by atoms with Crippen LogP contribution in [0.2, 0.25) is 0 Å². The molecule has 2 rings (SSSR count). The van der Waals surface area contributed by atoms with E-state index in [1.165, 1.54) is 27.8 Å². The molecule has 3 heteroatoms. The number of aryl methyl sites for hydroxylation is 1. The third-order valence-electron chi connectivity index (χ3n) is 4.80. The highest BCUT2D eigenvalue weighted by Crippen LogP contribution is 2.30. The molecule has 0 radical (unpaired) electrons. The van der Waals surface area contributed by atoms with E-state index in [0.29, 0.717) is 0 Å². The van der Waals surface area contributed by atoms with Crippen LogP contribution in [0.25, 0.3) is 11.1 Å². The number of hydrogen-bond acceptors (Lipinski definition) is 3. The van der Waals surface area contributed by atoms with Crippen molar-refractivity contribution in [2.24, 2.45) is 0 Å². The average Bonchev–Trinajstić information content (AvgIpc) is 2.59. The van der Waals surface area contributed by atoms with Crippen LogP contribution in [0, 0.1) is 6.92 Å². The van der Waals surface area contributed by atoms with E-state index in [0.717, 1.165) is 17.1 Å². The zero-order valence-electron chi connectivity index (χ0n) is 15.9. The Morgan fingerprint density at radius 2 is 1.88 bits per heavy atom. The van der Waals surface area contributed by atoms with E-state index in [1.54, 1.807) is 0 Å². The molecule has 0 bridgehead atoms. The van der Waals surface area contributed by atoms with Crippen molar-refractivity contribution in [3.8, 4) is 11.1 Å². The molecule has 0 aliphatic carbocycles. The Balaban J connectivity index is 2.52. The Kier molecular flexibility index (Phi) is 6.15. The van der Waals surface area contributed by atoms with E-state index in [1.807, 2.05) is 20.9 Å². The number of nitrogens with one attached hydrogen (secondary N) is 2. The van der Waals surface area contributed by atoms with Crippen LogP contribution in [0.5, 0.6) is 0 Å². The highest BCUT2D eigenvalue weighted by molar-refractivity contribution is 7.80. The van der Waals surface area contributed by atoms with Gasteiger partial charge in [0.2, 0.25) is 0 Å². The lowest BCUT2D eigenvalue weighted by molar-refractivity contribution is 0.547. The lowest BCUT2D eigenvalue weighted by Crippen LogP contribution is -2.42. The summed E-state index contributed by atoms with van der Waals surface area (Å²) >= 11 is 5.51. The number of hydrogen-bond donors (Lipinski definition) is 2. The normalized spacial score (nSPS) is 13.2. The predicted octanol–water partition coefficient (Wildman–Crippen LogP) is 5.11. The number of thiocarbonyl (C=S) groups is 1. The first kappa shape index (κ1) is 19.4. The first-order valence-electron chi connectivity index (χ1n) is 8.57. The second-order valence-electron chi connectivity index (χ2n) is 6.81. The molecule has 1 unspecified atom stereocenters. The minimum Gasteiger partial charge on any atom is -0.385 e. The van der Waals surface area contributed by atoms with Crippen LogP contribution in [0.3, 0.4) is 0 Å². The SMILES string of the molecule is C=C(C)NCc1ccc(C)cc1-c1cccc(C(C)(NC)C(C)=S)c1. The summed E-state index contributed by atoms with van der Waals surface area (Å²) in [5, 5.41) is 6.71. The fourth-order valence-corrected chi connectivity index (χ4v) is 3.10. The number of allylic oxidation sites excluding steroid dienone is 1. The van der Waals surface area contributed by atoms with Crippen LogP contribution in [0.1, 0.15) is 37.5 Å². The van der Waals surface area contributed by atoms with Gasteiger partial charge < -0.3 is 10.6 Å². The van der Waals surface area contributed by atoms with E-state index >= 15 is 0 Å². The second kappa shape index (κ2) is 7.94. The molecule has 2 nitrogen and oxygen atoms in total. The summed E-state index contributed by atoms with van der Waals surface area (Å²) in [5.41, 5.74) is 6.80. The topological polar surface area (TPSA) is 24.1 Å². The molecule has 0 saturated carbocycles. The molecule has 0 heterocycles. The standard InChI is InChI=1S/C22H28N2S/c1-15(2)24-14-19-11-10-16(3)12-21(19)18-8-7-9-20(13-18)22(5,23-6)17(4)25/h7-13,23-24H,1,14H2,2-6H3. The van der Waals surface area contributed by atoms with Gasteiger partial charge >= 0.3 is 0 Å². The first-order valence-corrected chi connectivity index (χ1v) is 8.98. The van der Waals surface area contributed by atoms with Gasteiger partial charge in [-0.1, -0.05) is 60.8 Å². The quantitative estimate of drug-likeness (QED) is 0.677. The van der Waals surface area contributed by atoms with Gasteiger partial charge in [-0.3, -0.25) is 0 Å². The Hall–Kier alpha value is -1.97. The molecular weight excluding hydrogens is 324 g/mol. The van der Waals surface area contributed by atoms with Gasteiger partial charge in [-0.05, 0) is 63.1 Å². The van der Waals surface area contributed by atoms with Crippen molar-refractivity contribution in [1.82, 2.24) is 10.6 Å². The molecule has 0 aliphatic heterocycles. The summed E-state index contributed by atoms with van der Waals surface area (Å²) in [6.45, 7) is 12.9. The first-order chi connectivity index (χ1) is 11.8. The fourth-order valence-electron chi connectivity index (χ4n) is 2.88. The molecule has 0 fully saturated rings. The molecule has 1 atom stereocenters. The monoisotopic (exact) mass is 352 g/mol. The maximum absolute atomic E-state index is 5.51. The largest absolute Gasteiger partial charge is 0.385 e. The summed E-state index contributed by atoms with van der Waals surface area (Å²) in [6.07, 6.45) is 0. The van der Waals surface area contributed by atoms with Gasteiger partial charge in [-0.25, -0.2) is 0 Å². The molecule has 2 N–H and O–H groups in total. The van der Waals surface area contributed by atoms with Crippen LogP contribution in [0.15, 0.2) is 54.7 Å². The minimum absolute atomic E-state index is 0.314. The van der Waals surface area contributed by atoms with Gasteiger partial charge in [0.05, 0.1) is 5.54 Å². The summed E-state index contributed by atoms with van der Waals surface area (Å²) in [4.78, 5) is 0.931. The molecule has 0 aliphatic rings. The van der Waals surface area contributed by atoms with Crippen molar-refractivity contribution in [2.45, 2.75) is 39.8 Å². The van der Waals surface area contributed by atoms with E-state index in [-0.39, 0.29) is 5.54 Å². The predicted molar refractivity (Wildman–Crippen MR) is 113 cm³/mol. The van der Waals surface area contributed by atoms with Crippen LogP contribution in [0.4, 0.5) is 0 Å². The zero-order valence-corrected chi connectivity index (χ0v) is 16.7. The highest BCUT2D eigenvalue weighted by atomic mass is 32.1. The van der Waals surface area contributed by atoms with E-state index in [2.05, 4.69) is 73.5 Å². The van der Waals surface area contributed by atoms with Crippen molar-refractivity contribution in [2.75, 3.05) is 7.05 Å². The molecule has 0 aromatic heterocycles. The van der Waals surface area contributed by atoms with Crippen LogP contribution >= 0.6 is 12.2 Å². The van der Waals surface area contributed by atoms with Crippen LogP contribution in [-0.2, 0) is 12.1 Å². The lowest BCUT2D eigenvalue weighted by atomic mass is 9.86. The molecule has 2 aromatic carbocycles. The smallest absolute Gasteiger partial charge is 0.0720 e.